The monoisotopic (exact) mass is 265 g/mol. The third kappa shape index (κ3) is 3.98. The van der Waals surface area contributed by atoms with Crippen LogP contribution in [0.3, 0.4) is 0 Å². The lowest BCUT2D eigenvalue weighted by atomic mass is 10.0. The van der Waals surface area contributed by atoms with E-state index in [-0.39, 0.29) is 6.61 Å². The van der Waals surface area contributed by atoms with Gasteiger partial charge in [-0.2, -0.15) is 0 Å². The maximum Gasteiger partial charge on any atom is 0.164 e. The van der Waals surface area contributed by atoms with E-state index in [0.717, 1.165) is 16.9 Å². The Bertz CT molecular complexity index is 418. The molecule has 0 spiro atoms. The highest BCUT2D eigenvalue weighted by molar-refractivity contribution is 5.51. The zero-order chi connectivity index (χ0) is 14.3. The molecule has 1 atom stereocenters. The molecule has 4 heteroatoms. The van der Waals surface area contributed by atoms with Gasteiger partial charge in [0, 0.05) is 5.56 Å². The number of hydrogen-bond donors (Lipinski definition) is 2. The van der Waals surface area contributed by atoms with E-state index in [1.165, 1.54) is 0 Å². The second kappa shape index (κ2) is 7.81. The summed E-state index contributed by atoms with van der Waals surface area (Å²) < 4.78 is 11.3. The number of benzene rings is 1. The Morgan fingerprint density at radius 2 is 2.00 bits per heavy atom. The Morgan fingerprint density at radius 1 is 1.32 bits per heavy atom. The van der Waals surface area contributed by atoms with Crippen LogP contribution in [-0.4, -0.2) is 24.9 Å². The molecule has 0 saturated carbocycles. The SMILES string of the molecule is C=CCc1cc([C@@H](N)CO)cc(OCC)c1OCC. The first-order chi connectivity index (χ1) is 9.17. The molecule has 1 rings (SSSR count). The van der Waals surface area contributed by atoms with Gasteiger partial charge in [0.15, 0.2) is 11.5 Å². The third-order valence-electron chi connectivity index (χ3n) is 2.73. The molecular weight excluding hydrogens is 242 g/mol. The molecule has 0 aliphatic rings. The molecule has 1 aromatic rings. The van der Waals surface area contributed by atoms with Crippen molar-refractivity contribution in [3.05, 3.63) is 35.9 Å². The van der Waals surface area contributed by atoms with Gasteiger partial charge in [0.05, 0.1) is 25.9 Å². The van der Waals surface area contributed by atoms with Crippen LogP contribution >= 0.6 is 0 Å². The maximum atomic E-state index is 9.19. The number of nitrogens with two attached hydrogens (primary N) is 1. The lowest BCUT2D eigenvalue weighted by Gasteiger charge is -2.18. The number of allylic oxidation sites excluding steroid dienone is 1. The molecule has 0 bridgehead atoms. The fourth-order valence-electron chi connectivity index (χ4n) is 1.88. The van der Waals surface area contributed by atoms with Crippen LogP contribution in [-0.2, 0) is 6.42 Å². The van der Waals surface area contributed by atoms with Gasteiger partial charge in [-0.05, 0) is 38.0 Å². The van der Waals surface area contributed by atoms with Crippen LogP contribution in [0.4, 0.5) is 0 Å². The molecule has 0 fully saturated rings. The Balaban J connectivity index is 3.28. The molecule has 0 heterocycles. The number of rotatable bonds is 8. The van der Waals surface area contributed by atoms with E-state index in [1.807, 2.05) is 32.1 Å². The van der Waals surface area contributed by atoms with Crippen LogP contribution in [0.15, 0.2) is 24.8 Å². The molecule has 3 N–H and O–H groups in total. The second-order valence-corrected chi connectivity index (χ2v) is 4.16. The summed E-state index contributed by atoms with van der Waals surface area (Å²) in [7, 11) is 0. The smallest absolute Gasteiger partial charge is 0.164 e. The van der Waals surface area contributed by atoms with Crippen LogP contribution in [0, 0.1) is 0 Å². The van der Waals surface area contributed by atoms with Crippen molar-refractivity contribution in [2.45, 2.75) is 26.3 Å². The summed E-state index contributed by atoms with van der Waals surface area (Å²) in [6.07, 6.45) is 2.48. The summed E-state index contributed by atoms with van der Waals surface area (Å²) in [4.78, 5) is 0. The van der Waals surface area contributed by atoms with Gasteiger partial charge >= 0.3 is 0 Å². The van der Waals surface area contributed by atoms with Crippen LogP contribution in [0.25, 0.3) is 0 Å². The molecule has 0 aliphatic heterocycles. The molecule has 19 heavy (non-hydrogen) atoms. The van der Waals surface area contributed by atoms with E-state index in [9.17, 15) is 5.11 Å². The zero-order valence-corrected chi connectivity index (χ0v) is 11.7. The first kappa shape index (κ1) is 15.5. The first-order valence-corrected chi connectivity index (χ1v) is 6.57. The van der Waals surface area contributed by atoms with Crippen molar-refractivity contribution in [2.75, 3.05) is 19.8 Å². The quantitative estimate of drug-likeness (QED) is 0.707. The van der Waals surface area contributed by atoms with Crippen molar-refractivity contribution < 1.29 is 14.6 Å². The van der Waals surface area contributed by atoms with Crippen molar-refractivity contribution in [2.24, 2.45) is 5.73 Å². The highest BCUT2D eigenvalue weighted by atomic mass is 16.5. The predicted molar refractivity (Wildman–Crippen MR) is 76.7 cm³/mol. The molecule has 0 saturated heterocycles. The van der Waals surface area contributed by atoms with Gasteiger partial charge in [-0.1, -0.05) is 6.08 Å². The summed E-state index contributed by atoms with van der Waals surface area (Å²) in [6, 6.07) is 3.36. The lowest BCUT2D eigenvalue weighted by molar-refractivity contribution is 0.265. The van der Waals surface area contributed by atoms with Gasteiger partial charge in [0.2, 0.25) is 0 Å². The van der Waals surface area contributed by atoms with Gasteiger partial charge in [-0.15, -0.1) is 6.58 Å². The van der Waals surface area contributed by atoms with Crippen molar-refractivity contribution in [1.82, 2.24) is 0 Å². The molecule has 0 radical (unpaired) electrons. The molecule has 0 amide bonds. The van der Waals surface area contributed by atoms with Crippen LogP contribution in [0.5, 0.6) is 11.5 Å². The average molecular weight is 265 g/mol. The molecule has 0 aliphatic carbocycles. The predicted octanol–water partition coefficient (Wildman–Crippen LogP) is 2.20. The minimum Gasteiger partial charge on any atom is -0.490 e. The van der Waals surface area contributed by atoms with E-state index >= 15 is 0 Å². The summed E-state index contributed by atoms with van der Waals surface area (Å²) >= 11 is 0. The van der Waals surface area contributed by atoms with Gasteiger partial charge in [0.1, 0.15) is 0 Å². The molecule has 1 aromatic carbocycles. The standard InChI is InChI=1S/C15H23NO3/c1-4-7-11-8-12(13(16)10-17)9-14(18-5-2)15(11)19-6-3/h4,8-9,13,17H,1,5-7,10,16H2,2-3H3/t13-/m0/s1. The van der Waals surface area contributed by atoms with E-state index < -0.39 is 6.04 Å². The first-order valence-electron chi connectivity index (χ1n) is 6.57. The Morgan fingerprint density at radius 3 is 2.53 bits per heavy atom. The third-order valence-corrected chi connectivity index (χ3v) is 2.73. The topological polar surface area (TPSA) is 64.7 Å². The summed E-state index contributed by atoms with van der Waals surface area (Å²) in [5.74, 6) is 1.40. The van der Waals surface area contributed by atoms with Crippen LogP contribution in [0.1, 0.15) is 31.0 Å². The molecule has 4 nitrogen and oxygen atoms in total. The van der Waals surface area contributed by atoms with Gasteiger partial charge in [0.25, 0.3) is 0 Å². The minimum atomic E-state index is -0.418. The highest BCUT2D eigenvalue weighted by Crippen LogP contribution is 2.35. The van der Waals surface area contributed by atoms with Gasteiger partial charge in [-0.25, -0.2) is 0 Å². The fourth-order valence-corrected chi connectivity index (χ4v) is 1.88. The maximum absolute atomic E-state index is 9.19. The molecule has 106 valence electrons. The molecule has 0 unspecified atom stereocenters. The van der Waals surface area contributed by atoms with Crippen molar-refractivity contribution >= 4 is 0 Å². The summed E-state index contributed by atoms with van der Waals surface area (Å²) in [5, 5.41) is 9.19. The van der Waals surface area contributed by atoms with Gasteiger partial charge in [-0.3, -0.25) is 0 Å². The van der Waals surface area contributed by atoms with E-state index in [0.29, 0.717) is 25.4 Å². The number of aliphatic hydroxyl groups is 1. The van der Waals surface area contributed by atoms with Gasteiger partial charge < -0.3 is 20.3 Å². The molecule has 0 aromatic heterocycles. The summed E-state index contributed by atoms with van der Waals surface area (Å²) in [6.45, 7) is 8.61. The fraction of sp³-hybridized carbons (Fsp3) is 0.467. The Kier molecular flexibility index (Phi) is 6.39. The van der Waals surface area contributed by atoms with Crippen molar-refractivity contribution in [3.63, 3.8) is 0 Å². The van der Waals surface area contributed by atoms with E-state index in [1.54, 1.807) is 0 Å². The number of aliphatic hydroxyl groups excluding tert-OH is 1. The van der Waals surface area contributed by atoms with Crippen LogP contribution in [0.2, 0.25) is 0 Å². The minimum absolute atomic E-state index is 0.104. The normalized spacial score (nSPS) is 12.0. The Labute approximate surface area is 114 Å². The summed E-state index contributed by atoms with van der Waals surface area (Å²) in [5.41, 5.74) is 7.69. The lowest BCUT2D eigenvalue weighted by Crippen LogP contribution is -2.15. The average Bonchev–Trinajstić information content (AvgIpc) is 2.41. The van der Waals surface area contributed by atoms with Crippen LogP contribution < -0.4 is 15.2 Å². The zero-order valence-electron chi connectivity index (χ0n) is 11.7. The van der Waals surface area contributed by atoms with Crippen molar-refractivity contribution in [1.29, 1.82) is 0 Å². The number of ether oxygens (including phenoxy) is 2. The van der Waals surface area contributed by atoms with Crippen molar-refractivity contribution in [3.8, 4) is 11.5 Å². The largest absolute Gasteiger partial charge is 0.490 e. The Hall–Kier alpha value is -1.52. The molecular formula is C15H23NO3. The van der Waals surface area contributed by atoms with E-state index in [2.05, 4.69) is 6.58 Å². The second-order valence-electron chi connectivity index (χ2n) is 4.16. The highest BCUT2D eigenvalue weighted by Gasteiger charge is 2.15. The van der Waals surface area contributed by atoms with E-state index in [4.69, 9.17) is 15.2 Å². The number of hydrogen-bond acceptors (Lipinski definition) is 4.